The van der Waals surface area contributed by atoms with Crippen LogP contribution in [0.2, 0.25) is 0 Å². The number of piperazine rings is 1. The van der Waals surface area contributed by atoms with E-state index in [1.165, 1.54) is 0 Å². The van der Waals surface area contributed by atoms with Crippen LogP contribution >= 0.6 is 0 Å². The molecule has 4 N–H and O–H groups in total. The molecule has 2 fully saturated rings. The summed E-state index contributed by atoms with van der Waals surface area (Å²) in [5, 5.41) is 18.1. The Morgan fingerprint density at radius 2 is 2.26 bits per heavy atom. The molecule has 3 heterocycles. The van der Waals surface area contributed by atoms with Crippen molar-refractivity contribution in [3.8, 4) is 12.3 Å². The lowest BCUT2D eigenvalue weighted by atomic mass is 10.0. The van der Waals surface area contributed by atoms with Crippen LogP contribution in [-0.4, -0.2) is 59.6 Å². The van der Waals surface area contributed by atoms with Crippen molar-refractivity contribution in [1.82, 2.24) is 20.9 Å². The van der Waals surface area contributed by atoms with E-state index in [0.29, 0.717) is 31.7 Å². The van der Waals surface area contributed by atoms with Gasteiger partial charge in [0.15, 0.2) is 0 Å². The second-order valence-corrected chi connectivity index (χ2v) is 6.97. The monoisotopic (exact) mass is 374 g/mol. The third-order valence-corrected chi connectivity index (χ3v) is 5.15. The van der Waals surface area contributed by atoms with E-state index in [-0.39, 0.29) is 43.1 Å². The Labute approximate surface area is 158 Å². The summed E-state index contributed by atoms with van der Waals surface area (Å²) in [6.45, 7) is 1.98. The van der Waals surface area contributed by atoms with Gasteiger partial charge in [0.1, 0.15) is 18.1 Å². The predicted octanol–water partition coefficient (Wildman–Crippen LogP) is -0.668. The van der Waals surface area contributed by atoms with Gasteiger partial charge in [-0.05, 0) is 25.0 Å². The molecule has 0 aliphatic carbocycles. The second-order valence-electron chi connectivity index (χ2n) is 6.97. The Morgan fingerprint density at radius 1 is 1.44 bits per heavy atom. The summed E-state index contributed by atoms with van der Waals surface area (Å²) in [7, 11) is 0. The van der Waals surface area contributed by atoms with Gasteiger partial charge in [0, 0.05) is 31.6 Å². The van der Waals surface area contributed by atoms with Gasteiger partial charge in [0.05, 0.1) is 19.1 Å². The number of nitrogens with zero attached hydrogens (tertiary/aromatic N) is 1. The highest BCUT2D eigenvalue weighted by Crippen LogP contribution is 2.26. The van der Waals surface area contributed by atoms with E-state index in [1.807, 2.05) is 6.07 Å². The number of hydrogen-bond donors (Lipinski definition) is 4. The average Bonchev–Trinajstić information content (AvgIpc) is 3.31. The second kappa shape index (κ2) is 9.04. The lowest BCUT2D eigenvalue weighted by Crippen LogP contribution is -2.58. The van der Waals surface area contributed by atoms with Crippen LogP contribution in [0.5, 0.6) is 0 Å². The van der Waals surface area contributed by atoms with Crippen molar-refractivity contribution in [1.29, 1.82) is 0 Å². The van der Waals surface area contributed by atoms with E-state index in [9.17, 15) is 9.59 Å². The minimum atomic E-state index is -0.167. The number of terminal acetylenes is 1. The first-order valence-corrected chi connectivity index (χ1v) is 9.26. The molecule has 1 aromatic heterocycles. The third-order valence-electron chi connectivity index (χ3n) is 5.15. The number of rotatable bonds is 8. The van der Waals surface area contributed by atoms with E-state index in [4.69, 9.17) is 15.9 Å². The Kier molecular flexibility index (Phi) is 6.50. The van der Waals surface area contributed by atoms with Crippen LogP contribution in [0.4, 0.5) is 0 Å². The van der Waals surface area contributed by atoms with E-state index in [2.05, 4.69) is 26.8 Å². The minimum Gasteiger partial charge on any atom is -0.462 e. The highest BCUT2D eigenvalue weighted by atomic mass is 16.4. The fourth-order valence-corrected chi connectivity index (χ4v) is 3.77. The molecule has 0 aromatic carbocycles. The SMILES string of the molecule is C#CCNC(=O)CC[C@@H]1CNC(=O)[C@@H]2C[C@H](NCc3ccc(CO)o3)CN12. The zero-order valence-electron chi connectivity index (χ0n) is 15.2. The molecule has 2 saturated heterocycles. The summed E-state index contributed by atoms with van der Waals surface area (Å²) in [5.41, 5.74) is 0. The number of amides is 2. The quantitative estimate of drug-likeness (QED) is 0.450. The fraction of sp³-hybridized carbons (Fsp3) is 0.579. The van der Waals surface area contributed by atoms with Crippen LogP contribution in [0.25, 0.3) is 0 Å². The van der Waals surface area contributed by atoms with Gasteiger partial charge in [0.25, 0.3) is 0 Å². The Hall–Kier alpha value is -2.34. The van der Waals surface area contributed by atoms with Gasteiger partial charge in [-0.1, -0.05) is 5.92 Å². The van der Waals surface area contributed by atoms with Crippen molar-refractivity contribution < 1.29 is 19.1 Å². The summed E-state index contributed by atoms with van der Waals surface area (Å²) in [4.78, 5) is 26.2. The van der Waals surface area contributed by atoms with Gasteiger partial charge in [-0.2, -0.15) is 0 Å². The zero-order valence-corrected chi connectivity index (χ0v) is 15.2. The first kappa shape index (κ1) is 19.4. The number of carbonyl (C=O) groups excluding carboxylic acids is 2. The molecular formula is C19H26N4O4. The van der Waals surface area contributed by atoms with E-state index in [0.717, 1.165) is 18.7 Å². The van der Waals surface area contributed by atoms with Crippen LogP contribution in [0, 0.1) is 12.3 Å². The number of aliphatic hydroxyl groups is 1. The van der Waals surface area contributed by atoms with Crippen LogP contribution in [0.3, 0.4) is 0 Å². The Morgan fingerprint density at radius 3 is 3.00 bits per heavy atom. The Balaban J connectivity index is 1.51. The van der Waals surface area contributed by atoms with Gasteiger partial charge >= 0.3 is 0 Å². The topological polar surface area (TPSA) is 107 Å². The molecule has 8 nitrogen and oxygen atoms in total. The number of hydrogen-bond acceptors (Lipinski definition) is 6. The van der Waals surface area contributed by atoms with Gasteiger partial charge in [0.2, 0.25) is 11.8 Å². The van der Waals surface area contributed by atoms with E-state index >= 15 is 0 Å². The summed E-state index contributed by atoms with van der Waals surface area (Å²) < 4.78 is 5.49. The largest absolute Gasteiger partial charge is 0.462 e. The molecule has 2 aliphatic heterocycles. The van der Waals surface area contributed by atoms with Crippen LogP contribution < -0.4 is 16.0 Å². The maximum Gasteiger partial charge on any atom is 0.237 e. The lowest BCUT2D eigenvalue weighted by molar-refractivity contribution is -0.129. The van der Waals surface area contributed by atoms with E-state index < -0.39 is 0 Å². The van der Waals surface area contributed by atoms with Gasteiger partial charge in [-0.25, -0.2) is 0 Å². The molecule has 27 heavy (non-hydrogen) atoms. The smallest absolute Gasteiger partial charge is 0.237 e. The molecule has 0 radical (unpaired) electrons. The number of nitrogens with one attached hydrogen (secondary N) is 3. The van der Waals surface area contributed by atoms with Crippen molar-refractivity contribution in [2.75, 3.05) is 19.6 Å². The standard InChI is InChI=1S/C19H26N4O4/c1-2-7-20-18(25)6-3-14-9-22-19(26)17-8-13(11-23(14)17)21-10-15-4-5-16(12-24)27-15/h1,4-5,13-14,17,21,24H,3,6-12H2,(H,20,25)(H,22,26)/t13-,14+,17-/m0/s1. The number of aliphatic hydroxyl groups excluding tert-OH is 1. The molecule has 8 heteroatoms. The first-order chi connectivity index (χ1) is 13.1. The molecule has 146 valence electrons. The first-order valence-electron chi connectivity index (χ1n) is 9.26. The fourth-order valence-electron chi connectivity index (χ4n) is 3.77. The summed E-state index contributed by atoms with van der Waals surface area (Å²) >= 11 is 0. The average molecular weight is 374 g/mol. The van der Waals surface area contributed by atoms with Crippen molar-refractivity contribution in [2.24, 2.45) is 0 Å². The van der Waals surface area contributed by atoms with Crippen molar-refractivity contribution >= 4 is 11.8 Å². The van der Waals surface area contributed by atoms with Crippen molar-refractivity contribution in [2.45, 2.75) is 50.5 Å². The number of carbonyl (C=O) groups is 2. The maximum atomic E-state index is 12.2. The van der Waals surface area contributed by atoms with Crippen LogP contribution in [0.15, 0.2) is 16.5 Å². The Bertz CT molecular complexity index is 711. The lowest BCUT2D eigenvalue weighted by Gasteiger charge is -2.37. The normalized spacial score (nSPS) is 24.9. The maximum absolute atomic E-state index is 12.2. The van der Waals surface area contributed by atoms with Crippen LogP contribution in [0.1, 0.15) is 30.8 Å². The predicted molar refractivity (Wildman–Crippen MR) is 98.2 cm³/mol. The number of furan rings is 1. The van der Waals surface area contributed by atoms with Gasteiger partial charge < -0.3 is 25.5 Å². The molecule has 1 aromatic rings. The van der Waals surface area contributed by atoms with Gasteiger partial charge in [-0.3, -0.25) is 14.5 Å². The molecule has 2 aliphatic rings. The van der Waals surface area contributed by atoms with E-state index in [1.54, 1.807) is 6.07 Å². The molecule has 2 amide bonds. The van der Waals surface area contributed by atoms with Gasteiger partial charge in [-0.15, -0.1) is 6.42 Å². The zero-order chi connectivity index (χ0) is 19.2. The molecule has 0 unspecified atom stereocenters. The molecule has 3 rings (SSSR count). The van der Waals surface area contributed by atoms with Crippen molar-refractivity contribution in [3.05, 3.63) is 23.7 Å². The van der Waals surface area contributed by atoms with Crippen LogP contribution in [-0.2, 0) is 22.7 Å². The molecule has 0 bridgehead atoms. The summed E-state index contributed by atoms with van der Waals surface area (Å²) in [6.07, 6.45) is 6.94. The number of fused-ring (bicyclic) bond motifs is 1. The summed E-state index contributed by atoms with van der Waals surface area (Å²) in [5.74, 6) is 3.67. The molecular weight excluding hydrogens is 348 g/mol. The minimum absolute atomic E-state index is 0.0490. The third kappa shape index (κ3) is 4.89. The highest BCUT2D eigenvalue weighted by molar-refractivity contribution is 5.83. The summed E-state index contributed by atoms with van der Waals surface area (Å²) in [6, 6.07) is 3.73. The molecule has 0 saturated carbocycles. The molecule has 3 atom stereocenters. The highest BCUT2D eigenvalue weighted by Gasteiger charge is 2.43. The van der Waals surface area contributed by atoms with Crippen molar-refractivity contribution in [3.63, 3.8) is 0 Å². The molecule has 0 spiro atoms.